The average Bonchev–Trinajstić information content (AvgIpc) is 2.21. The largest absolute Gasteiger partial charge is 0.0654 e. The van der Waals surface area contributed by atoms with Crippen molar-refractivity contribution in [2.75, 3.05) is 0 Å². The Kier molecular flexibility index (Phi) is 11.1. The fourth-order valence-corrected chi connectivity index (χ4v) is 1.78. The topological polar surface area (TPSA) is 0 Å². The van der Waals surface area contributed by atoms with Crippen molar-refractivity contribution in [1.82, 2.24) is 0 Å². The van der Waals surface area contributed by atoms with Gasteiger partial charge < -0.3 is 0 Å². The van der Waals surface area contributed by atoms with Crippen molar-refractivity contribution in [3.63, 3.8) is 0 Å². The van der Waals surface area contributed by atoms with Gasteiger partial charge >= 0.3 is 0 Å². The van der Waals surface area contributed by atoms with Crippen LogP contribution >= 0.6 is 0 Å². The highest BCUT2D eigenvalue weighted by Crippen LogP contribution is 2.24. The van der Waals surface area contributed by atoms with Crippen molar-refractivity contribution in [1.29, 1.82) is 0 Å². The van der Waals surface area contributed by atoms with Gasteiger partial charge in [0.25, 0.3) is 0 Å². The molecule has 0 saturated heterocycles. The van der Waals surface area contributed by atoms with Crippen LogP contribution in [-0.2, 0) is 0 Å². The van der Waals surface area contributed by atoms with Crippen LogP contribution in [0.25, 0.3) is 0 Å². The van der Waals surface area contributed by atoms with Gasteiger partial charge in [0.2, 0.25) is 0 Å². The minimum atomic E-state index is 1.11. The maximum atomic E-state index is 3.90. The van der Waals surface area contributed by atoms with E-state index in [1.54, 1.807) is 0 Å². The molecule has 0 unspecified atom stereocenters. The first-order chi connectivity index (χ1) is 6.85. The Labute approximate surface area is 91.5 Å². The van der Waals surface area contributed by atoms with E-state index < -0.39 is 0 Å². The Bertz CT molecular complexity index is 88.2. The molecule has 0 rings (SSSR count). The molecule has 0 aromatic heterocycles. The molecule has 0 amide bonds. The second kappa shape index (κ2) is 11.1. The Morgan fingerprint density at radius 2 is 1.29 bits per heavy atom. The molecule has 0 heterocycles. The van der Waals surface area contributed by atoms with Crippen LogP contribution in [0.2, 0.25) is 0 Å². The SMILES string of the molecule is [CH2]CCCC[C](CCCC)CCCC. The van der Waals surface area contributed by atoms with Crippen LogP contribution in [0.15, 0.2) is 0 Å². The van der Waals surface area contributed by atoms with Crippen LogP contribution < -0.4 is 0 Å². The van der Waals surface area contributed by atoms with Crippen LogP contribution in [0.4, 0.5) is 0 Å². The summed E-state index contributed by atoms with van der Waals surface area (Å²) in [5.41, 5.74) is 0. The normalized spacial score (nSPS) is 11.1. The lowest BCUT2D eigenvalue weighted by atomic mass is 9.91. The minimum Gasteiger partial charge on any atom is -0.0654 e. The van der Waals surface area contributed by atoms with Crippen LogP contribution in [0, 0.1) is 12.8 Å². The number of unbranched alkanes of at least 4 members (excludes halogenated alkanes) is 4. The van der Waals surface area contributed by atoms with Gasteiger partial charge in [0, 0.05) is 0 Å². The van der Waals surface area contributed by atoms with Gasteiger partial charge in [0.05, 0.1) is 0 Å². The van der Waals surface area contributed by atoms with Crippen molar-refractivity contribution < 1.29 is 0 Å². The van der Waals surface area contributed by atoms with Crippen LogP contribution in [0.1, 0.15) is 78.1 Å². The summed E-state index contributed by atoms with van der Waals surface area (Å²) < 4.78 is 0. The molecule has 0 nitrogen and oxygen atoms in total. The van der Waals surface area contributed by atoms with E-state index >= 15 is 0 Å². The highest BCUT2D eigenvalue weighted by Gasteiger charge is 2.07. The Hall–Kier alpha value is 0. The zero-order valence-corrected chi connectivity index (χ0v) is 10.3. The zero-order chi connectivity index (χ0) is 10.6. The third-order valence-corrected chi connectivity index (χ3v) is 2.80. The Morgan fingerprint density at radius 3 is 1.71 bits per heavy atom. The number of rotatable bonds is 10. The van der Waals surface area contributed by atoms with E-state index in [4.69, 9.17) is 0 Å². The molecule has 0 aromatic carbocycles. The van der Waals surface area contributed by atoms with Crippen molar-refractivity contribution in [3.8, 4) is 0 Å². The summed E-state index contributed by atoms with van der Waals surface area (Å²) in [7, 11) is 0. The molecule has 14 heavy (non-hydrogen) atoms. The molecule has 0 atom stereocenters. The second-order valence-corrected chi connectivity index (χ2v) is 4.27. The molecular weight excluding hydrogens is 168 g/mol. The van der Waals surface area contributed by atoms with Gasteiger partial charge in [-0.05, 0) is 25.2 Å². The van der Waals surface area contributed by atoms with E-state index in [1.807, 2.05) is 5.92 Å². The molecule has 0 aliphatic rings. The van der Waals surface area contributed by atoms with Gasteiger partial charge in [0.1, 0.15) is 0 Å². The Balaban J connectivity index is 3.49. The van der Waals surface area contributed by atoms with Gasteiger partial charge in [-0.15, -0.1) is 0 Å². The number of hydrogen-bond acceptors (Lipinski definition) is 0. The summed E-state index contributed by atoms with van der Waals surface area (Å²) in [6.07, 6.45) is 13.4. The summed E-state index contributed by atoms with van der Waals surface area (Å²) >= 11 is 0. The lowest BCUT2D eigenvalue weighted by Crippen LogP contribution is -1.98. The first kappa shape index (κ1) is 14.0. The predicted octanol–water partition coefficient (Wildman–Crippen LogP) is 5.34. The highest BCUT2D eigenvalue weighted by molar-refractivity contribution is 4.88. The van der Waals surface area contributed by atoms with Gasteiger partial charge in [-0.3, -0.25) is 0 Å². The molecule has 0 fully saturated rings. The molecule has 0 N–H and O–H groups in total. The highest BCUT2D eigenvalue weighted by atomic mass is 14.1. The summed E-state index contributed by atoms with van der Waals surface area (Å²) in [6, 6.07) is 0. The van der Waals surface area contributed by atoms with E-state index in [0.29, 0.717) is 0 Å². The van der Waals surface area contributed by atoms with Crippen molar-refractivity contribution in [2.24, 2.45) is 0 Å². The smallest absolute Gasteiger partial charge is 0.0241 e. The monoisotopic (exact) mass is 196 g/mol. The summed E-state index contributed by atoms with van der Waals surface area (Å²) in [4.78, 5) is 0. The van der Waals surface area contributed by atoms with E-state index in [9.17, 15) is 0 Å². The molecule has 0 aliphatic carbocycles. The lowest BCUT2D eigenvalue weighted by Gasteiger charge is -2.15. The van der Waals surface area contributed by atoms with Crippen molar-refractivity contribution >= 4 is 0 Å². The minimum absolute atomic E-state index is 1.11. The van der Waals surface area contributed by atoms with Gasteiger partial charge in [0.15, 0.2) is 0 Å². The molecule has 0 aliphatic heterocycles. The molecule has 2 radical (unpaired) electrons. The van der Waals surface area contributed by atoms with E-state index in [0.717, 1.165) is 6.42 Å². The zero-order valence-electron chi connectivity index (χ0n) is 10.3. The predicted molar refractivity (Wildman–Crippen MR) is 66.1 cm³/mol. The molecular formula is C14H28. The summed E-state index contributed by atoms with van der Waals surface area (Å²) in [5.74, 6) is 1.82. The molecule has 0 aromatic rings. The molecule has 84 valence electrons. The molecule has 0 bridgehead atoms. The molecule has 0 spiro atoms. The van der Waals surface area contributed by atoms with Crippen LogP contribution in [-0.4, -0.2) is 0 Å². The maximum absolute atomic E-state index is 3.90. The van der Waals surface area contributed by atoms with E-state index in [-0.39, 0.29) is 0 Å². The van der Waals surface area contributed by atoms with Crippen molar-refractivity contribution in [2.45, 2.75) is 78.1 Å². The second-order valence-electron chi connectivity index (χ2n) is 4.27. The van der Waals surface area contributed by atoms with Crippen LogP contribution in [0.3, 0.4) is 0 Å². The summed E-state index contributed by atoms with van der Waals surface area (Å²) in [6.45, 7) is 8.47. The summed E-state index contributed by atoms with van der Waals surface area (Å²) in [5, 5.41) is 0. The number of hydrogen-bond donors (Lipinski definition) is 0. The standard InChI is InChI=1S/C14H28/c1-4-7-10-13-14(11-8-5-2)12-9-6-3/h1,4-13H2,2-3H3. The fourth-order valence-electron chi connectivity index (χ4n) is 1.78. The van der Waals surface area contributed by atoms with Gasteiger partial charge in [-0.2, -0.15) is 0 Å². The molecule has 0 saturated carbocycles. The van der Waals surface area contributed by atoms with Crippen molar-refractivity contribution in [3.05, 3.63) is 12.8 Å². The van der Waals surface area contributed by atoms with Gasteiger partial charge in [-0.1, -0.05) is 65.7 Å². The molecule has 0 heteroatoms. The third kappa shape index (κ3) is 8.59. The maximum Gasteiger partial charge on any atom is -0.0241 e. The van der Waals surface area contributed by atoms with Gasteiger partial charge in [-0.25, -0.2) is 0 Å². The quantitative estimate of drug-likeness (QED) is 0.414. The average molecular weight is 196 g/mol. The first-order valence-corrected chi connectivity index (χ1v) is 6.47. The first-order valence-electron chi connectivity index (χ1n) is 6.47. The van der Waals surface area contributed by atoms with E-state index in [1.165, 1.54) is 57.8 Å². The Morgan fingerprint density at radius 1 is 0.786 bits per heavy atom. The lowest BCUT2D eigenvalue weighted by molar-refractivity contribution is 0.563. The third-order valence-electron chi connectivity index (χ3n) is 2.80. The van der Waals surface area contributed by atoms with E-state index in [2.05, 4.69) is 20.8 Å². The van der Waals surface area contributed by atoms with Crippen LogP contribution in [0.5, 0.6) is 0 Å². The fraction of sp³-hybridized carbons (Fsp3) is 0.857.